The van der Waals surface area contributed by atoms with Crippen molar-refractivity contribution in [3.63, 3.8) is 0 Å². The number of amides is 1. The second kappa shape index (κ2) is 8.14. The quantitative estimate of drug-likeness (QED) is 0.597. The Bertz CT molecular complexity index is 1260. The van der Waals surface area contributed by atoms with E-state index in [-0.39, 0.29) is 44.3 Å². The molecule has 33 heavy (non-hydrogen) atoms. The van der Waals surface area contributed by atoms with E-state index in [0.717, 1.165) is 11.4 Å². The highest BCUT2D eigenvalue weighted by atomic mass is 19.3. The minimum Gasteiger partial charge on any atom is -0.490 e. The highest BCUT2D eigenvalue weighted by molar-refractivity contribution is 5.95. The molecule has 0 spiro atoms. The van der Waals surface area contributed by atoms with E-state index in [1.54, 1.807) is 30.5 Å². The summed E-state index contributed by atoms with van der Waals surface area (Å²) >= 11 is 0. The number of carbonyl (C=O) groups excluding carboxylic acids is 1. The van der Waals surface area contributed by atoms with Gasteiger partial charge in [-0.05, 0) is 24.3 Å². The molecular weight excluding hydrogens is 436 g/mol. The van der Waals surface area contributed by atoms with E-state index in [0.29, 0.717) is 30.1 Å². The topological polar surface area (TPSA) is 81.3 Å². The van der Waals surface area contributed by atoms with Gasteiger partial charge in [0.25, 0.3) is 11.8 Å². The van der Waals surface area contributed by atoms with Crippen LogP contribution in [0, 0.1) is 0 Å². The van der Waals surface area contributed by atoms with Crippen molar-refractivity contribution in [2.75, 3.05) is 38.3 Å². The summed E-state index contributed by atoms with van der Waals surface area (Å²) < 4.78 is 40.4. The lowest BCUT2D eigenvalue weighted by Crippen LogP contribution is -2.42. The van der Waals surface area contributed by atoms with Gasteiger partial charge in [0, 0.05) is 56.6 Å². The smallest absolute Gasteiger partial charge is 0.352 e. The van der Waals surface area contributed by atoms with Crippen molar-refractivity contribution in [2.24, 2.45) is 0 Å². The van der Waals surface area contributed by atoms with Crippen molar-refractivity contribution < 1.29 is 23.0 Å². The third-order valence-corrected chi connectivity index (χ3v) is 5.98. The molecule has 4 heterocycles. The highest BCUT2D eigenvalue weighted by Gasteiger charge is 2.36. The van der Waals surface area contributed by atoms with Gasteiger partial charge in [-0.2, -0.15) is 4.68 Å². The Hall–Kier alpha value is -3.47. The zero-order chi connectivity index (χ0) is 23.2. The van der Waals surface area contributed by atoms with Gasteiger partial charge in [0.2, 0.25) is 0 Å². The molecule has 11 heteroatoms. The summed E-state index contributed by atoms with van der Waals surface area (Å²) in [5.41, 5.74) is 2.18. The molecule has 174 valence electrons. The number of carbonyl (C=O) groups is 1. The first kappa shape index (κ1) is 21.4. The number of benzene rings is 1. The lowest BCUT2D eigenvalue weighted by molar-refractivity contribution is -0.0494. The van der Waals surface area contributed by atoms with Crippen molar-refractivity contribution >= 4 is 22.9 Å². The molecule has 2 aliphatic rings. The molecule has 0 N–H and O–H groups in total. The fourth-order valence-corrected chi connectivity index (χ4v) is 4.22. The van der Waals surface area contributed by atoms with E-state index in [1.807, 2.05) is 11.0 Å². The normalized spacial score (nSPS) is 17.7. The van der Waals surface area contributed by atoms with Crippen LogP contribution in [0.1, 0.15) is 23.2 Å². The standard InChI is InChI=1S/C22H23F2N5O4/c1-32-14-29-21(31)28-7-4-16(13-19(28)25-29)27-10-11-33-18-12-15(2-3-17(18)27)20(30)26-8-5-22(23,24)6-9-26/h2-4,7,12-13H,5-6,8-11,14H2,1H3. The number of piperidine rings is 1. The Morgan fingerprint density at radius 1 is 1.18 bits per heavy atom. The van der Waals surface area contributed by atoms with Crippen molar-refractivity contribution in [1.82, 2.24) is 19.1 Å². The predicted molar refractivity (Wildman–Crippen MR) is 115 cm³/mol. The van der Waals surface area contributed by atoms with E-state index >= 15 is 0 Å². The molecule has 0 unspecified atom stereocenters. The zero-order valence-electron chi connectivity index (χ0n) is 18.0. The molecule has 0 bridgehead atoms. The summed E-state index contributed by atoms with van der Waals surface area (Å²) in [5.74, 6) is -2.45. The van der Waals surface area contributed by atoms with Gasteiger partial charge in [-0.3, -0.25) is 9.20 Å². The number of likely N-dealkylation sites (tertiary alicyclic amines) is 1. The number of fused-ring (bicyclic) bond motifs is 2. The van der Waals surface area contributed by atoms with E-state index in [1.165, 1.54) is 21.1 Å². The third-order valence-electron chi connectivity index (χ3n) is 5.98. The van der Waals surface area contributed by atoms with Gasteiger partial charge in [0.05, 0.1) is 12.2 Å². The largest absolute Gasteiger partial charge is 0.490 e. The fraction of sp³-hybridized carbons (Fsp3) is 0.409. The second-order valence-electron chi connectivity index (χ2n) is 8.14. The number of anilines is 2. The predicted octanol–water partition coefficient (Wildman–Crippen LogP) is 2.50. The number of halogens is 2. The molecule has 0 radical (unpaired) electrons. The average Bonchev–Trinajstić information content (AvgIpc) is 3.12. The molecule has 1 amide bonds. The molecule has 1 aromatic carbocycles. The first-order valence-electron chi connectivity index (χ1n) is 10.7. The van der Waals surface area contributed by atoms with Crippen LogP contribution in [0.5, 0.6) is 5.75 Å². The van der Waals surface area contributed by atoms with Crippen LogP contribution in [-0.2, 0) is 11.5 Å². The SMILES string of the molecule is COCn1nc2cc(N3CCOc4cc(C(=O)N5CCC(F)(F)CC5)ccc43)ccn2c1=O. The summed E-state index contributed by atoms with van der Waals surface area (Å²) in [4.78, 5) is 28.7. The molecule has 2 aliphatic heterocycles. The third kappa shape index (κ3) is 3.92. The Morgan fingerprint density at radius 3 is 2.73 bits per heavy atom. The molecule has 1 fully saturated rings. The molecule has 0 atom stereocenters. The Kier molecular flexibility index (Phi) is 5.28. The van der Waals surface area contributed by atoms with Gasteiger partial charge in [-0.1, -0.05) is 0 Å². The number of methoxy groups -OCH3 is 1. The molecule has 5 rings (SSSR count). The molecule has 0 saturated carbocycles. The van der Waals surface area contributed by atoms with Gasteiger partial charge in [-0.25, -0.2) is 13.6 Å². The summed E-state index contributed by atoms with van der Waals surface area (Å²) in [7, 11) is 1.49. The highest BCUT2D eigenvalue weighted by Crippen LogP contribution is 2.38. The second-order valence-corrected chi connectivity index (χ2v) is 8.14. The van der Waals surface area contributed by atoms with Crippen molar-refractivity contribution in [1.29, 1.82) is 0 Å². The van der Waals surface area contributed by atoms with Gasteiger partial charge in [-0.15, -0.1) is 5.10 Å². The number of pyridine rings is 1. The molecule has 2 aromatic heterocycles. The van der Waals surface area contributed by atoms with Crippen LogP contribution in [0.4, 0.5) is 20.2 Å². The van der Waals surface area contributed by atoms with Crippen LogP contribution in [0.15, 0.2) is 41.3 Å². The van der Waals surface area contributed by atoms with Crippen LogP contribution in [0.3, 0.4) is 0 Å². The van der Waals surface area contributed by atoms with Crippen LogP contribution in [0.2, 0.25) is 0 Å². The number of ether oxygens (including phenoxy) is 2. The lowest BCUT2D eigenvalue weighted by Gasteiger charge is -2.33. The maximum atomic E-state index is 13.4. The summed E-state index contributed by atoms with van der Waals surface area (Å²) in [6, 6.07) is 8.75. The van der Waals surface area contributed by atoms with Crippen LogP contribution >= 0.6 is 0 Å². The maximum absolute atomic E-state index is 13.4. The van der Waals surface area contributed by atoms with Gasteiger partial charge < -0.3 is 19.3 Å². The maximum Gasteiger partial charge on any atom is 0.352 e. The Labute approximate surface area is 187 Å². The van der Waals surface area contributed by atoms with E-state index in [2.05, 4.69) is 5.10 Å². The molecule has 3 aromatic rings. The fourth-order valence-electron chi connectivity index (χ4n) is 4.22. The summed E-state index contributed by atoms with van der Waals surface area (Å²) in [6.07, 6.45) is 1.02. The number of hydrogen-bond donors (Lipinski definition) is 0. The van der Waals surface area contributed by atoms with Crippen LogP contribution in [-0.4, -0.2) is 64.3 Å². The van der Waals surface area contributed by atoms with Crippen molar-refractivity contribution in [2.45, 2.75) is 25.5 Å². The average molecular weight is 459 g/mol. The van der Waals surface area contributed by atoms with Gasteiger partial charge >= 0.3 is 5.69 Å². The monoisotopic (exact) mass is 459 g/mol. The summed E-state index contributed by atoms with van der Waals surface area (Å²) in [5, 5.41) is 4.29. The minimum atomic E-state index is -2.71. The number of rotatable bonds is 4. The van der Waals surface area contributed by atoms with Crippen molar-refractivity contribution in [3.05, 3.63) is 52.6 Å². The zero-order valence-corrected chi connectivity index (χ0v) is 18.0. The van der Waals surface area contributed by atoms with Crippen molar-refractivity contribution in [3.8, 4) is 5.75 Å². The molecule has 1 saturated heterocycles. The van der Waals surface area contributed by atoms with E-state index in [4.69, 9.17) is 9.47 Å². The van der Waals surface area contributed by atoms with E-state index < -0.39 is 5.92 Å². The molecule has 9 nitrogen and oxygen atoms in total. The first-order valence-corrected chi connectivity index (χ1v) is 10.7. The number of nitrogens with zero attached hydrogens (tertiary/aromatic N) is 5. The first-order chi connectivity index (χ1) is 15.9. The Morgan fingerprint density at radius 2 is 1.97 bits per heavy atom. The Balaban J connectivity index is 1.42. The van der Waals surface area contributed by atoms with Crippen LogP contribution < -0.4 is 15.3 Å². The number of alkyl halides is 2. The lowest BCUT2D eigenvalue weighted by atomic mass is 10.0. The summed E-state index contributed by atoms with van der Waals surface area (Å²) in [6.45, 7) is 1.09. The molecular formula is C22H23F2N5O4. The van der Waals surface area contributed by atoms with Gasteiger partial charge in [0.15, 0.2) is 5.65 Å². The van der Waals surface area contributed by atoms with Crippen LogP contribution in [0.25, 0.3) is 5.65 Å². The van der Waals surface area contributed by atoms with E-state index in [9.17, 15) is 18.4 Å². The number of aromatic nitrogens is 3. The van der Waals surface area contributed by atoms with Gasteiger partial charge in [0.1, 0.15) is 19.1 Å². The number of hydrogen-bond acceptors (Lipinski definition) is 6. The molecule has 0 aliphatic carbocycles. The minimum absolute atomic E-state index is 0.0327.